The number of aryl methyl sites for hydroxylation is 1. The molecule has 0 bridgehead atoms. The van der Waals surface area contributed by atoms with Gasteiger partial charge in [0.25, 0.3) is 0 Å². The fourth-order valence-corrected chi connectivity index (χ4v) is 3.70. The van der Waals surface area contributed by atoms with Crippen LogP contribution in [0.2, 0.25) is 0 Å². The second kappa shape index (κ2) is 8.07. The highest BCUT2D eigenvalue weighted by Crippen LogP contribution is 2.28. The molecule has 5 rings (SSSR count). The number of aromatic nitrogens is 6. The molecule has 2 N–H and O–H groups in total. The number of nitrogens with one attached hydrogen (secondary N) is 2. The van der Waals surface area contributed by atoms with Gasteiger partial charge in [0.1, 0.15) is 5.69 Å². The van der Waals surface area contributed by atoms with Gasteiger partial charge in [0, 0.05) is 40.9 Å². The molecule has 0 atom stereocenters. The molecule has 0 aliphatic heterocycles. The van der Waals surface area contributed by atoms with Crippen LogP contribution in [0.25, 0.3) is 51.9 Å². The molecular formula is C26H22N6. The smallest absolute Gasteiger partial charge is 0.116 e. The third-order valence-corrected chi connectivity index (χ3v) is 5.44. The lowest BCUT2D eigenvalue weighted by Crippen LogP contribution is -2.21. The van der Waals surface area contributed by atoms with Crippen molar-refractivity contribution in [2.45, 2.75) is 13.8 Å². The topological polar surface area (TPSA) is 83.1 Å². The van der Waals surface area contributed by atoms with Crippen molar-refractivity contribution >= 4 is 29.1 Å². The van der Waals surface area contributed by atoms with E-state index in [2.05, 4.69) is 61.8 Å². The third kappa shape index (κ3) is 3.63. The molecule has 0 saturated heterocycles. The van der Waals surface area contributed by atoms with E-state index in [1.165, 1.54) is 0 Å². The Morgan fingerprint density at radius 1 is 1.03 bits per heavy atom. The molecule has 0 aliphatic carbocycles. The van der Waals surface area contributed by atoms with Gasteiger partial charge in [0.05, 0.1) is 22.4 Å². The zero-order valence-corrected chi connectivity index (χ0v) is 17.9. The molecule has 6 nitrogen and oxygen atoms in total. The Morgan fingerprint density at radius 2 is 1.94 bits per heavy atom. The molecule has 5 heterocycles. The number of H-pyrrole nitrogens is 2. The summed E-state index contributed by atoms with van der Waals surface area (Å²) in [6.45, 7) is 8.36. The van der Waals surface area contributed by atoms with E-state index >= 15 is 0 Å². The number of nitrogens with zero attached hydrogens (tertiary/aromatic N) is 4. The number of fused-ring (bicyclic) bond motifs is 1. The lowest BCUT2D eigenvalue weighted by Gasteiger charge is -2.00. The van der Waals surface area contributed by atoms with E-state index in [0.717, 1.165) is 60.9 Å². The van der Waals surface area contributed by atoms with E-state index in [-0.39, 0.29) is 0 Å². The van der Waals surface area contributed by atoms with Gasteiger partial charge in [-0.3, -0.25) is 20.1 Å². The lowest BCUT2D eigenvalue weighted by molar-refractivity contribution is 1.06. The van der Waals surface area contributed by atoms with Crippen LogP contribution in [0, 0.1) is 6.92 Å². The highest BCUT2D eigenvalue weighted by atomic mass is 15.1. The van der Waals surface area contributed by atoms with Crippen LogP contribution < -0.4 is 10.6 Å². The summed E-state index contributed by atoms with van der Waals surface area (Å²) in [7, 11) is 0. The summed E-state index contributed by atoms with van der Waals surface area (Å²) in [4.78, 5) is 16.7. The number of aromatic amines is 2. The summed E-state index contributed by atoms with van der Waals surface area (Å²) in [5.74, 6) is 0. The Hall–Kier alpha value is -4.32. The first-order valence-corrected chi connectivity index (χ1v) is 10.3. The molecule has 0 fully saturated rings. The van der Waals surface area contributed by atoms with E-state index in [9.17, 15) is 0 Å². The molecule has 5 aromatic heterocycles. The minimum absolute atomic E-state index is 0.780. The summed E-state index contributed by atoms with van der Waals surface area (Å²) >= 11 is 0. The Balaban J connectivity index is 1.54. The number of rotatable bonds is 4. The minimum atomic E-state index is 0.780. The summed E-state index contributed by atoms with van der Waals surface area (Å²) in [5.41, 5.74) is 7.66. The van der Waals surface area contributed by atoms with Crippen molar-refractivity contribution in [3.63, 3.8) is 0 Å². The van der Waals surface area contributed by atoms with Gasteiger partial charge in [0.2, 0.25) is 0 Å². The van der Waals surface area contributed by atoms with Crippen molar-refractivity contribution in [1.82, 2.24) is 30.1 Å². The van der Waals surface area contributed by atoms with Crippen molar-refractivity contribution in [2.75, 3.05) is 0 Å². The maximum absolute atomic E-state index is 4.55. The molecule has 5 aromatic rings. The summed E-state index contributed by atoms with van der Waals surface area (Å²) < 4.78 is 0. The highest BCUT2D eigenvalue weighted by Gasteiger charge is 2.12. The van der Waals surface area contributed by atoms with Gasteiger partial charge in [-0.15, -0.1) is 0 Å². The fraction of sp³-hybridized carbons (Fsp3) is 0.0769. The van der Waals surface area contributed by atoms with E-state index in [1.807, 2.05) is 49.7 Å². The standard InChI is InChI=1S/C26H22N6/c1-16-12-19(15-27-14-16)17(2)7-8-21-18(3)25(32-31-21)24-13-20-22(30-24)9-11-29-26(20)23-6-4-5-10-28-23/h4-15,30-31H,3H2,1-2H3/b17-7+,21-8+. The molecule has 0 saturated carbocycles. The van der Waals surface area contributed by atoms with Gasteiger partial charge in [-0.1, -0.05) is 18.7 Å². The van der Waals surface area contributed by atoms with Crippen LogP contribution in [-0.2, 0) is 0 Å². The average Bonchev–Trinajstić information content (AvgIpc) is 3.41. The van der Waals surface area contributed by atoms with E-state index in [0.29, 0.717) is 0 Å². The predicted molar refractivity (Wildman–Crippen MR) is 129 cm³/mol. The third-order valence-electron chi connectivity index (χ3n) is 5.44. The van der Waals surface area contributed by atoms with Gasteiger partial charge in [0.15, 0.2) is 0 Å². The Kier molecular flexibility index (Phi) is 4.95. The molecule has 0 aliphatic rings. The van der Waals surface area contributed by atoms with Gasteiger partial charge in [-0.05, 0) is 67.0 Å². The Morgan fingerprint density at radius 3 is 2.75 bits per heavy atom. The minimum Gasteiger partial charge on any atom is -0.353 e. The summed E-state index contributed by atoms with van der Waals surface area (Å²) in [5, 5.41) is 10.3. The summed E-state index contributed by atoms with van der Waals surface area (Å²) in [6, 6.07) is 11.9. The maximum atomic E-state index is 4.55. The van der Waals surface area contributed by atoms with E-state index in [1.54, 1.807) is 12.4 Å². The monoisotopic (exact) mass is 418 g/mol. The van der Waals surface area contributed by atoms with Crippen LogP contribution in [0.4, 0.5) is 0 Å². The molecule has 156 valence electrons. The molecular weight excluding hydrogens is 396 g/mol. The van der Waals surface area contributed by atoms with Crippen LogP contribution in [0.3, 0.4) is 0 Å². The zero-order valence-electron chi connectivity index (χ0n) is 17.9. The number of hydrogen-bond donors (Lipinski definition) is 2. The maximum Gasteiger partial charge on any atom is 0.116 e. The predicted octanol–water partition coefficient (Wildman–Crippen LogP) is 4.01. The number of allylic oxidation sites excluding steroid dienone is 2. The van der Waals surface area contributed by atoms with Crippen molar-refractivity contribution in [2.24, 2.45) is 0 Å². The van der Waals surface area contributed by atoms with Crippen LogP contribution in [0.5, 0.6) is 0 Å². The average molecular weight is 419 g/mol. The normalized spacial score (nSPS) is 12.6. The second-order valence-corrected chi connectivity index (χ2v) is 7.75. The summed E-state index contributed by atoms with van der Waals surface area (Å²) in [6.07, 6.45) is 11.3. The van der Waals surface area contributed by atoms with Crippen LogP contribution in [0.1, 0.15) is 18.1 Å². The molecule has 6 heteroatoms. The SMILES string of the molecule is C=c1c(-c2cc3c(-c4ccccn4)nccc3[nH]2)n[nH]/c1=C/C=C(\C)c1cncc(C)c1. The Labute approximate surface area is 185 Å². The first-order chi connectivity index (χ1) is 15.6. The molecule has 0 amide bonds. The van der Waals surface area contributed by atoms with Crippen molar-refractivity contribution < 1.29 is 0 Å². The van der Waals surface area contributed by atoms with E-state index < -0.39 is 0 Å². The fourth-order valence-electron chi connectivity index (χ4n) is 3.70. The van der Waals surface area contributed by atoms with Gasteiger partial charge in [-0.2, -0.15) is 5.10 Å². The first-order valence-electron chi connectivity index (χ1n) is 10.3. The Bertz CT molecular complexity index is 1560. The quantitative estimate of drug-likeness (QED) is 0.462. The van der Waals surface area contributed by atoms with Crippen molar-refractivity contribution in [3.05, 3.63) is 89.0 Å². The van der Waals surface area contributed by atoms with Crippen molar-refractivity contribution in [3.8, 4) is 22.8 Å². The lowest BCUT2D eigenvalue weighted by atomic mass is 10.1. The van der Waals surface area contributed by atoms with Crippen LogP contribution in [-0.4, -0.2) is 30.1 Å². The van der Waals surface area contributed by atoms with Gasteiger partial charge < -0.3 is 4.98 Å². The van der Waals surface area contributed by atoms with Gasteiger partial charge >= 0.3 is 0 Å². The van der Waals surface area contributed by atoms with Crippen LogP contribution >= 0.6 is 0 Å². The van der Waals surface area contributed by atoms with E-state index in [4.69, 9.17) is 0 Å². The van der Waals surface area contributed by atoms with Crippen molar-refractivity contribution in [1.29, 1.82) is 0 Å². The number of hydrogen-bond acceptors (Lipinski definition) is 4. The van der Waals surface area contributed by atoms with Crippen LogP contribution in [0.15, 0.2) is 67.3 Å². The molecule has 0 aromatic carbocycles. The number of pyridine rings is 3. The molecule has 0 spiro atoms. The molecule has 0 radical (unpaired) electrons. The first kappa shape index (κ1) is 19.6. The van der Waals surface area contributed by atoms with Gasteiger partial charge in [-0.25, -0.2) is 0 Å². The largest absolute Gasteiger partial charge is 0.353 e. The highest BCUT2D eigenvalue weighted by molar-refractivity contribution is 5.95. The molecule has 32 heavy (non-hydrogen) atoms. The zero-order chi connectivity index (χ0) is 22.1. The second-order valence-electron chi connectivity index (χ2n) is 7.75. The molecule has 0 unspecified atom stereocenters.